The Labute approximate surface area is 120 Å². The maximum absolute atomic E-state index is 11.7. The van der Waals surface area contributed by atoms with Crippen molar-refractivity contribution in [2.45, 2.75) is 25.3 Å². The van der Waals surface area contributed by atoms with E-state index in [0.29, 0.717) is 22.6 Å². The summed E-state index contributed by atoms with van der Waals surface area (Å²) in [4.78, 5) is 16.1. The van der Waals surface area contributed by atoms with Crippen molar-refractivity contribution < 1.29 is 4.79 Å². The van der Waals surface area contributed by atoms with Crippen molar-refractivity contribution in [1.29, 1.82) is 0 Å². The quantitative estimate of drug-likeness (QED) is 0.891. The minimum atomic E-state index is -0.00157. The lowest BCUT2D eigenvalue weighted by molar-refractivity contribution is -0.116. The summed E-state index contributed by atoms with van der Waals surface area (Å²) in [6, 6.07) is 6.16. The van der Waals surface area contributed by atoms with Crippen molar-refractivity contribution in [2.24, 2.45) is 0 Å². The third-order valence-electron chi connectivity index (χ3n) is 2.96. The fourth-order valence-corrected chi connectivity index (χ4v) is 2.97. The highest BCUT2D eigenvalue weighted by Gasteiger charge is 2.20. The number of fused-ring (bicyclic) bond motifs is 1. The second-order valence-corrected chi connectivity index (χ2v) is 6.12. The normalized spacial score (nSPS) is 14.8. The molecule has 1 aromatic carbocycles. The summed E-state index contributed by atoms with van der Waals surface area (Å²) in [6.45, 7) is 0.729. The Hall–Kier alpha value is -1.17. The van der Waals surface area contributed by atoms with Gasteiger partial charge in [0.25, 0.3) is 0 Å². The smallest absolute Gasteiger partial charge is 0.227 e. The standard InChI is InChI=1S/C13H14ClN3OS/c14-8-1-4-10-11(7-8)19-13(16-10)17-12(18)5-6-15-9-2-3-9/h1,4,7,9,15H,2-3,5-6H2,(H,16,17,18). The maximum Gasteiger partial charge on any atom is 0.227 e. The zero-order valence-electron chi connectivity index (χ0n) is 10.3. The molecule has 0 radical (unpaired) electrons. The molecule has 0 spiro atoms. The number of anilines is 1. The second kappa shape index (κ2) is 5.45. The summed E-state index contributed by atoms with van der Waals surface area (Å²) in [5.74, 6) is -0.00157. The average molecular weight is 296 g/mol. The Morgan fingerprint density at radius 2 is 2.32 bits per heavy atom. The third kappa shape index (κ3) is 3.43. The van der Waals surface area contributed by atoms with Crippen molar-refractivity contribution in [3.8, 4) is 0 Å². The number of benzene rings is 1. The highest BCUT2D eigenvalue weighted by molar-refractivity contribution is 7.22. The largest absolute Gasteiger partial charge is 0.313 e. The molecule has 0 aliphatic heterocycles. The topological polar surface area (TPSA) is 54.0 Å². The predicted molar refractivity (Wildman–Crippen MR) is 78.9 cm³/mol. The Kier molecular flexibility index (Phi) is 3.68. The van der Waals surface area contributed by atoms with Crippen molar-refractivity contribution >= 4 is 44.2 Å². The number of nitrogens with one attached hydrogen (secondary N) is 2. The molecule has 1 amide bonds. The van der Waals surface area contributed by atoms with E-state index in [2.05, 4.69) is 15.6 Å². The highest BCUT2D eigenvalue weighted by atomic mass is 35.5. The molecule has 2 aromatic rings. The molecule has 0 unspecified atom stereocenters. The minimum absolute atomic E-state index is 0.00157. The van der Waals surface area contributed by atoms with E-state index in [0.717, 1.165) is 16.8 Å². The number of carbonyl (C=O) groups is 1. The Bertz CT molecular complexity index is 609. The summed E-state index contributed by atoms with van der Waals surface area (Å²) >= 11 is 7.36. The second-order valence-electron chi connectivity index (χ2n) is 4.66. The maximum atomic E-state index is 11.7. The zero-order chi connectivity index (χ0) is 13.2. The van der Waals surface area contributed by atoms with Gasteiger partial charge in [-0.05, 0) is 31.0 Å². The average Bonchev–Trinajstić information content (AvgIpc) is 3.09. The molecular weight excluding hydrogens is 282 g/mol. The Balaban J connectivity index is 1.58. The van der Waals surface area contributed by atoms with E-state index in [1.807, 2.05) is 12.1 Å². The predicted octanol–water partition coefficient (Wildman–Crippen LogP) is 3.03. The lowest BCUT2D eigenvalue weighted by atomic mass is 10.3. The van der Waals surface area contributed by atoms with Crippen LogP contribution in [0.4, 0.5) is 5.13 Å². The summed E-state index contributed by atoms with van der Waals surface area (Å²) in [5.41, 5.74) is 0.862. The molecule has 1 aliphatic carbocycles. The van der Waals surface area contributed by atoms with Crippen LogP contribution in [0.3, 0.4) is 0 Å². The molecule has 1 aliphatic rings. The number of hydrogen-bond donors (Lipinski definition) is 2. The van der Waals surface area contributed by atoms with E-state index in [4.69, 9.17) is 11.6 Å². The number of amides is 1. The lowest BCUT2D eigenvalue weighted by Gasteiger charge is -2.02. The fourth-order valence-electron chi connectivity index (χ4n) is 1.81. The number of nitrogens with zero attached hydrogens (tertiary/aromatic N) is 1. The van der Waals surface area contributed by atoms with Crippen LogP contribution in [-0.4, -0.2) is 23.5 Å². The fraction of sp³-hybridized carbons (Fsp3) is 0.385. The molecule has 19 heavy (non-hydrogen) atoms. The van der Waals surface area contributed by atoms with Crippen LogP contribution in [0.5, 0.6) is 0 Å². The Morgan fingerprint density at radius 3 is 3.11 bits per heavy atom. The van der Waals surface area contributed by atoms with Crippen molar-refractivity contribution in [3.63, 3.8) is 0 Å². The lowest BCUT2D eigenvalue weighted by Crippen LogP contribution is -2.23. The molecule has 0 atom stereocenters. The first-order chi connectivity index (χ1) is 9.20. The molecule has 4 nitrogen and oxygen atoms in total. The molecule has 0 saturated heterocycles. The molecule has 1 aromatic heterocycles. The van der Waals surface area contributed by atoms with Crippen LogP contribution in [0.1, 0.15) is 19.3 Å². The molecule has 1 fully saturated rings. The van der Waals surface area contributed by atoms with Gasteiger partial charge in [-0.15, -0.1) is 0 Å². The van der Waals surface area contributed by atoms with Crippen molar-refractivity contribution in [1.82, 2.24) is 10.3 Å². The highest BCUT2D eigenvalue weighted by Crippen LogP contribution is 2.28. The van der Waals surface area contributed by atoms with Gasteiger partial charge >= 0.3 is 0 Å². The third-order valence-corrected chi connectivity index (χ3v) is 4.13. The minimum Gasteiger partial charge on any atom is -0.313 e. The van der Waals surface area contributed by atoms with E-state index in [1.165, 1.54) is 24.2 Å². The van der Waals surface area contributed by atoms with Crippen LogP contribution in [0.15, 0.2) is 18.2 Å². The molecule has 0 bridgehead atoms. The number of carbonyl (C=O) groups excluding carboxylic acids is 1. The van der Waals surface area contributed by atoms with Gasteiger partial charge in [-0.1, -0.05) is 22.9 Å². The number of halogens is 1. The first-order valence-electron chi connectivity index (χ1n) is 6.30. The summed E-state index contributed by atoms with van der Waals surface area (Å²) in [6.07, 6.45) is 2.95. The molecule has 3 rings (SSSR count). The van der Waals surface area contributed by atoms with E-state index in [-0.39, 0.29) is 5.91 Å². The molecule has 1 heterocycles. The summed E-state index contributed by atoms with van der Waals surface area (Å²) < 4.78 is 0.985. The first kappa shape index (κ1) is 12.8. The van der Waals surface area contributed by atoms with Gasteiger partial charge in [0.1, 0.15) is 0 Å². The van der Waals surface area contributed by atoms with Gasteiger partial charge in [0, 0.05) is 24.0 Å². The van der Waals surface area contributed by atoms with Gasteiger partial charge in [-0.25, -0.2) is 4.98 Å². The molecular formula is C13H14ClN3OS. The van der Waals surface area contributed by atoms with Gasteiger partial charge < -0.3 is 10.6 Å². The van der Waals surface area contributed by atoms with Gasteiger partial charge in [0.05, 0.1) is 10.2 Å². The van der Waals surface area contributed by atoms with Crippen LogP contribution in [-0.2, 0) is 4.79 Å². The van der Waals surface area contributed by atoms with Gasteiger partial charge in [0.15, 0.2) is 5.13 Å². The summed E-state index contributed by atoms with van der Waals surface area (Å²) in [7, 11) is 0. The zero-order valence-corrected chi connectivity index (χ0v) is 11.9. The number of thiazole rings is 1. The van der Waals surface area contributed by atoms with Gasteiger partial charge in [-0.3, -0.25) is 4.79 Å². The van der Waals surface area contributed by atoms with Crippen molar-refractivity contribution in [2.75, 3.05) is 11.9 Å². The molecule has 1 saturated carbocycles. The van der Waals surface area contributed by atoms with Gasteiger partial charge in [-0.2, -0.15) is 0 Å². The van der Waals surface area contributed by atoms with E-state index >= 15 is 0 Å². The van der Waals surface area contributed by atoms with Gasteiger partial charge in [0.2, 0.25) is 5.91 Å². The van der Waals surface area contributed by atoms with Crippen molar-refractivity contribution in [3.05, 3.63) is 23.2 Å². The van der Waals surface area contributed by atoms with Crippen LogP contribution >= 0.6 is 22.9 Å². The Morgan fingerprint density at radius 1 is 1.47 bits per heavy atom. The van der Waals surface area contributed by atoms with Crippen LogP contribution in [0.25, 0.3) is 10.2 Å². The van der Waals surface area contributed by atoms with E-state index in [9.17, 15) is 4.79 Å². The molecule has 2 N–H and O–H groups in total. The SMILES string of the molecule is O=C(CCNC1CC1)Nc1nc2ccc(Cl)cc2s1. The van der Waals surface area contributed by atoms with E-state index in [1.54, 1.807) is 6.07 Å². The van der Waals surface area contributed by atoms with Crippen LogP contribution in [0, 0.1) is 0 Å². The summed E-state index contributed by atoms with van der Waals surface area (Å²) in [5, 5.41) is 7.46. The van der Waals surface area contributed by atoms with E-state index < -0.39 is 0 Å². The van der Waals surface area contributed by atoms with Crippen LogP contribution in [0.2, 0.25) is 5.02 Å². The number of aromatic nitrogens is 1. The monoisotopic (exact) mass is 295 g/mol. The first-order valence-corrected chi connectivity index (χ1v) is 7.49. The number of rotatable bonds is 5. The molecule has 100 valence electrons. The number of hydrogen-bond acceptors (Lipinski definition) is 4. The molecule has 6 heteroatoms. The van der Waals surface area contributed by atoms with Crippen LogP contribution < -0.4 is 10.6 Å².